The first-order chi connectivity index (χ1) is 7.63. The Morgan fingerprint density at radius 2 is 2.19 bits per heavy atom. The van der Waals surface area contributed by atoms with E-state index in [2.05, 4.69) is 20.7 Å². The van der Waals surface area contributed by atoms with Crippen LogP contribution in [0, 0.1) is 0 Å². The predicted molar refractivity (Wildman–Crippen MR) is 59.6 cm³/mol. The van der Waals surface area contributed by atoms with Crippen molar-refractivity contribution in [3.05, 3.63) is 18.1 Å². The van der Waals surface area contributed by atoms with E-state index in [0.717, 1.165) is 12.8 Å². The molecule has 1 aliphatic carbocycles. The van der Waals surface area contributed by atoms with E-state index in [9.17, 15) is 4.79 Å². The number of amides is 1. The molecule has 0 aromatic carbocycles. The SMILES string of the molecule is CC1(NC(=O)c2cnc(NN)cn2)CCC1. The van der Waals surface area contributed by atoms with E-state index in [1.165, 1.54) is 18.8 Å². The summed E-state index contributed by atoms with van der Waals surface area (Å²) in [4.78, 5) is 19.7. The first-order valence-electron chi connectivity index (χ1n) is 5.24. The van der Waals surface area contributed by atoms with Gasteiger partial charge in [-0.3, -0.25) is 4.79 Å². The Hall–Kier alpha value is -1.69. The van der Waals surface area contributed by atoms with Crippen LogP contribution in [0.3, 0.4) is 0 Å². The molecule has 0 saturated heterocycles. The lowest BCUT2D eigenvalue weighted by molar-refractivity contribution is 0.0845. The summed E-state index contributed by atoms with van der Waals surface area (Å²) in [5, 5.41) is 2.95. The van der Waals surface area contributed by atoms with Crippen molar-refractivity contribution in [1.82, 2.24) is 15.3 Å². The summed E-state index contributed by atoms with van der Waals surface area (Å²) in [5.74, 6) is 5.41. The Labute approximate surface area is 93.6 Å². The highest BCUT2D eigenvalue weighted by molar-refractivity contribution is 5.92. The second-order valence-electron chi connectivity index (χ2n) is 4.30. The third-order valence-electron chi connectivity index (χ3n) is 2.90. The molecule has 0 unspecified atom stereocenters. The van der Waals surface area contributed by atoms with Gasteiger partial charge >= 0.3 is 0 Å². The number of hydrazine groups is 1. The smallest absolute Gasteiger partial charge is 0.271 e. The Morgan fingerprint density at radius 1 is 1.44 bits per heavy atom. The van der Waals surface area contributed by atoms with Crippen LogP contribution in [0.5, 0.6) is 0 Å². The normalized spacial score (nSPS) is 17.4. The van der Waals surface area contributed by atoms with Gasteiger partial charge in [-0.2, -0.15) is 0 Å². The van der Waals surface area contributed by atoms with Gasteiger partial charge in [0.05, 0.1) is 12.4 Å². The Morgan fingerprint density at radius 3 is 2.62 bits per heavy atom. The van der Waals surface area contributed by atoms with Gasteiger partial charge in [0.25, 0.3) is 5.91 Å². The van der Waals surface area contributed by atoms with E-state index in [4.69, 9.17) is 5.84 Å². The molecule has 1 amide bonds. The van der Waals surface area contributed by atoms with Crippen LogP contribution >= 0.6 is 0 Å². The molecule has 0 radical (unpaired) electrons. The average molecular weight is 221 g/mol. The zero-order valence-electron chi connectivity index (χ0n) is 9.16. The van der Waals surface area contributed by atoms with Gasteiger partial charge in [0.2, 0.25) is 0 Å². The maximum absolute atomic E-state index is 11.8. The number of rotatable bonds is 3. The second-order valence-corrected chi connectivity index (χ2v) is 4.30. The Bertz CT molecular complexity index is 385. The summed E-state index contributed by atoms with van der Waals surface area (Å²) in [6, 6.07) is 0. The van der Waals surface area contributed by atoms with Gasteiger partial charge in [0.1, 0.15) is 5.69 Å². The minimum absolute atomic E-state index is 0.0659. The third-order valence-corrected chi connectivity index (χ3v) is 2.90. The zero-order chi connectivity index (χ0) is 11.6. The minimum Gasteiger partial charge on any atom is -0.345 e. The molecule has 6 nitrogen and oxygen atoms in total. The van der Waals surface area contributed by atoms with Gasteiger partial charge < -0.3 is 10.7 Å². The van der Waals surface area contributed by atoms with Gasteiger partial charge in [-0.05, 0) is 26.2 Å². The maximum atomic E-state index is 11.8. The van der Waals surface area contributed by atoms with Crippen LogP contribution in [0.2, 0.25) is 0 Å². The molecule has 4 N–H and O–H groups in total. The van der Waals surface area contributed by atoms with Gasteiger partial charge in [-0.15, -0.1) is 0 Å². The van der Waals surface area contributed by atoms with E-state index in [1.807, 2.05) is 6.92 Å². The van der Waals surface area contributed by atoms with Crippen molar-refractivity contribution in [2.24, 2.45) is 5.84 Å². The molecule has 16 heavy (non-hydrogen) atoms. The molecule has 1 aromatic heterocycles. The van der Waals surface area contributed by atoms with Crippen LogP contribution in [0.25, 0.3) is 0 Å². The van der Waals surface area contributed by atoms with Crippen molar-refractivity contribution in [2.75, 3.05) is 5.43 Å². The molecule has 0 aliphatic heterocycles. The highest BCUT2D eigenvalue weighted by Crippen LogP contribution is 2.31. The number of hydrogen-bond donors (Lipinski definition) is 3. The summed E-state index contributed by atoms with van der Waals surface area (Å²) in [6.07, 6.45) is 6.05. The fraction of sp³-hybridized carbons (Fsp3) is 0.500. The van der Waals surface area contributed by atoms with E-state index >= 15 is 0 Å². The van der Waals surface area contributed by atoms with E-state index in [0.29, 0.717) is 11.5 Å². The van der Waals surface area contributed by atoms with Crippen LogP contribution in [-0.4, -0.2) is 21.4 Å². The van der Waals surface area contributed by atoms with Crippen molar-refractivity contribution in [3.8, 4) is 0 Å². The maximum Gasteiger partial charge on any atom is 0.271 e. The standard InChI is InChI=1S/C10H15N5O/c1-10(3-2-4-10)14-9(16)7-5-13-8(15-11)6-12-7/h5-6H,2-4,11H2,1H3,(H,13,15)(H,14,16). The van der Waals surface area contributed by atoms with Crippen LogP contribution in [0.1, 0.15) is 36.7 Å². The van der Waals surface area contributed by atoms with E-state index in [1.54, 1.807) is 0 Å². The number of carbonyl (C=O) groups excluding carboxylic acids is 1. The lowest BCUT2D eigenvalue weighted by Gasteiger charge is -2.38. The fourth-order valence-electron chi connectivity index (χ4n) is 1.69. The number of nitrogens with zero attached hydrogens (tertiary/aromatic N) is 2. The highest BCUT2D eigenvalue weighted by atomic mass is 16.2. The zero-order valence-corrected chi connectivity index (χ0v) is 9.16. The molecular weight excluding hydrogens is 206 g/mol. The van der Waals surface area contributed by atoms with Crippen LogP contribution in [-0.2, 0) is 0 Å². The molecule has 1 aromatic rings. The van der Waals surface area contributed by atoms with Crippen molar-refractivity contribution in [2.45, 2.75) is 31.7 Å². The summed E-state index contributed by atoms with van der Waals surface area (Å²) in [5.41, 5.74) is 2.60. The van der Waals surface area contributed by atoms with Crippen molar-refractivity contribution in [3.63, 3.8) is 0 Å². The summed E-state index contributed by atoms with van der Waals surface area (Å²) in [6.45, 7) is 2.04. The van der Waals surface area contributed by atoms with E-state index < -0.39 is 0 Å². The number of nitrogens with two attached hydrogens (primary N) is 1. The molecular formula is C10H15N5O. The Balaban J connectivity index is 2.03. The monoisotopic (exact) mass is 221 g/mol. The Kier molecular flexibility index (Phi) is 2.74. The lowest BCUT2D eigenvalue weighted by atomic mass is 9.78. The quantitative estimate of drug-likeness (QED) is 0.508. The lowest BCUT2D eigenvalue weighted by Crippen LogP contribution is -2.51. The van der Waals surface area contributed by atoms with Gasteiger partial charge in [0.15, 0.2) is 5.82 Å². The van der Waals surface area contributed by atoms with Crippen molar-refractivity contribution < 1.29 is 4.79 Å². The largest absolute Gasteiger partial charge is 0.345 e. The van der Waals surface area contributed by atoms with Gasteiger partial charge in [-0.1, -0.05) is 0 Å². The third kappa shape index (κ3) is 2.11. The van der Waals surface area contributed by atoms with Gasteiger partial charge in [0, 0.05) is 5.54 Å². The number of nitrogens with one attached hydrogen (secondary N) is 2. The molecule has 1 heterocycles. The number of nitrogen functional groups attached to an aromatic ring is 1. The molecule has 1 aliphatic rings. The van der Waals surface area contributed by atoms with E-state index in [-0.39, 0.29) is 11.4 Å². The molecule has 6 heteroatoms. The van der Waals surface area contributed by atoms with Crippen LogP contribution in [0.15, 0.2) is 12.4 Å². The molecule has 0 bridgehead atoms. The predicted octanol–water partition coefficient (Wildman–Crippen LogP) is 0.435. The van der Waals surface area contributed by atoms with Crippen LogP contribution < -0.4 is 16.6 Å². The molecule has 1 saturated carbocycles. The minimum atomic E-state index is -0.182. The fourth-order valence-corrected chi connectivity index (χ4v) is 1.69. The summed E-state index contributed by atoms with van der Waals surface area (Å²) < 4.78 is 0. The molecule has 2 rings (SSSR count). The molecule has 1 fully saturated rings. The highest BCUT2D eigenvalue weighted by Gasteiger charge is 2.33. The summed E-state index contributed by atoms with van der Waals surface area (Å²) >= 11 is 0. The first kappa shape index (κ1) is 10.8. The topological polar surface area (TPSA) is 92.9 Å². The van der Waals surface area contributed by atoms with Crippen molar-refractivity contribution in [1.29, 1.82) is 0 Å². The van der Waals surface area contributed by atoms with Gasteiger partial charge in [-0.25, -0.2) is 15.8 Å². The summed E-state index contributed by atoms with van der Waals surface area (Å²) in [7, 11) is 0. The van der Waals surface area contributed by atoms with Crippen LogP contribution in [0.4, 0.5) is 5.82 Å². The number of anilines is 1. The number of aromatic nitrogens is 2. The molecule has 0 spiro atoms. The average Bonchev–Trinajstić information content (AvgIpc) is 2.27. The number of hydrogen-bond acceptors (Lipinski definition) is 5. The molecule has 0 atom stereocenters. The van der Waals surface area contributed by atoms with Crippen molar-refractivity contribution >= 4 is 11.7 Å². The molecule has 86 valence electrons. The second kappa shape index (κ2) is 4.05. The number of carbonyl (C=O) groups is 1. The first-order valence-corrected chi connectivity index (χ1v) is 5.24.